The SMILES string of the molecule is Cc1ccc(S(=O)(=O)N2C[C@H]3C[C@H](C(=O)NC(C)C)[C@@H](C2)O3)cc1. The van der Waals surface area contributed by atoms with Crippen LogP contribution in [0.1, 0.15) is 25.8 Å². The molecular formula is C17H24N2O4S. The number of carbonyl (C=O) groups excluding carboxylic acids is 1. The fourth-order valence-corrected chi connectivity index (χ4v) is 4.83. The van der Waals surface area contributed by atoms with Crippen LogP contribution in [0.4, 0.5) is 0 Å². The molecule has 132 valence electrons. The molecule has 2 aliphatic heterocycles. The molecule has 1 amide bonds. The molecule has 0 unspecified atom stereocenters. The van der Waals surface area contributed by atoms with E-state index in [0.717, 1.165) is 5.56 Å². The number of hydrogen-bond acceptors (Lipinski definition) is 4. The summed E-state index contributed by atoms with van der Waals surface area (Å²) in [7, 11) is -3.56. The highest BCUT2D eigenvalue weighted by Crippen LogP contribution is 2.34. The van der Waals surface area contributed by atoms with Gasteiger partial charge in [0.25, 0.3) is 0 Å². The third-order valence-electron chi connectivity index (χ3n) is 4.55. The van der Waals surface area contributed by atoms with Crippen LogP contribution in [0.3, 0.4) is 0 Å². The van der Waals surface area contributed by atoms with E-state index in [-0.39, 0.29) is 41.5 Å². The number of amides is 1. The van der Waals surface area contributed by atoms with E-state index in [2.05, 4.69) is 5.32 Å². The summed E-state index contributed by atoms with van der Waals surface area (Å²) in [5.74, 6) is -0.331. The van der Waals surface area contributed by atoms with Gasteiger partial charge in [-0.3, -0.25) is 4.79 Å². The minimum absolute atomic E-state index is 0.0490. The number of morpholine rings is 1. The Morgan fingerprint density at radius 1 is 1.25 bits per heavy atom. The second kappa shape index (κ2) is 6.46. The molecule has 2 saturated heterocycles. The molecule has 1 aromatic carbocycles. The fraction of sp³-hybridized carbons (Fsp3) is 0.588. The van der Waals surface area contributed by atoms with Gasteiger partial charge in [0.05, 0.1) is 23.0 Å². The van der Waals surface area contributed by atoms with Gasteiger partial charge in [-0.2, -0.15) is 4.31 Å². The zero-order valence-electron chi connectivity index (χ0n) is 14.2. The number of fused-ring (bicyclic) bond motifs is 2. The molecule has 0 aliphatic carbocycles. The van der Waals surface area contributed by atoms with Crippen LogP contribution in [0, 0.1) is 12.8 Å². The van der Waals surface area contributed by atoms with Crippen LogP contribution in [0.2, 0.25) is 0 Å². The molecule has 6 nitrogen and oxygen atoms in total. The van der Waals surface area contributed by atoms with Crippen molar-refractivity contribution in [2.45, 2.75) is 50.3 Å². The highest BCUT2D eigenvalue weighted by Gasteiger charge is 2.47. The Morgan fingerprint density at radius 3 is 2.54 bits per heavy atom. The van der Waals surface area contributed by atoms with E-state index in [1.54, 1.807) is 24.3 Å². The predicted molar refractivity (Wildman–Crippen MR) is 90.0 cm³/mol. The number of hydrogen-bond donors (Lipinski definition) is 1. The van der Waals surface area contributed by atoms with Crippen molar-refractivity contribution in [1.29, 1.82) is 0 Å². The minimum atomic E-state index is -3.56. The summed E-state index contributed by atoms with van der Waals surface area (Å²) in [6.07, 6.45) is -0.0158. The molecule has 1 aromatic rings. The lowest BCUT2D eigenvalue weighted by Gasteiger charge is -2.32. The van der Waals surface area contributed by atoms with E-state index in [4.69, 9.17) is 4.74 Å². The van der Waals surface area contributed by atoms with Crippen molar-refractivity contribution in [3.63, 3.8) is 0 Å². The average molecular weight is 352 g/mol. The van der Waals surface area contributed by atoms with Crippen molar-refractivity contribution in [2.24, 2.45) is 5.92 Å². The molecule has 0 spiro atoms. The fourth-order valence-electron chi connectivity index (χ4n) is 3.35. The number of benzene rings is 1. The van der Waals surface area contributed by atoms with Crippen molar-refractivity contribution >= 4 is 15.9 Å². The molecule has 1 N–H and O–H groups in total. The van der Waals surface area contributed by atoms with Crippen LogP contribution < -0.4 is 5.32 Å². The van der Waals surface area contributed by atoms with Gasteiger partial charge in [0, 0.05) is 19.1 Å². The molecular weight excluding hydrogens is 328 g/mol. The second-order valence-corrected chi connectivity index (χ2v) is 8.88. The molecule has 2 fully saturated rings. The summed E-state index contributed by atoms with van der Waals surface area (Å²) < 4.78 is 33.0. The summed E-state index contributed by atoms with van der Waals surface area (Å²) in [6, 6.07) is 6.91. The molecule has 3 atom stereocenters. The maximum atomic E-state index is 12.8. The molecule has 0 aromatic heterocycles. The first-order valence-electron chi connectivity index (χ1n) is 8.30. The third kappa shape index (κ3) is 3.34. The summed E-state index contributed by atoms with van der Waals surface area (Å²) >= 11 is 0. The Bertz CT molecular complexity index is 715. The molecule has 2 heterocycles. The van der Waals surface area contributed by atoms with Gasteiger partial charge in [0.1, 0.15) is 0 Å². The number of rotatable bonds is 4. The number of carbonyl (C=O) groups is 1. The van der Waals surface area contributed by atoms with Crippen LogP contribution in [0.25, 0.3) is 0 Å². The maximum Gasteiger partial charge on any atom is 0.243 e. The summed E-state index contributed by atoms with van der Waals surface area (Å²) in [5, 5.41) is 2.90. The van der Waals surface area contributed by atoms with E-state index < -0.39 is 10.0 Å². The Morgan fingerprint density at radius 2 is 1.92 bits per heavy atom. The lowest BCUT2D eigenvalue weighted by Crippen LogP contribution is -2.48. The Labute approximate surface area is 143 Å². The van der Waals surface area contributed by atoms with Crippen molar-refractivity contribution in [1.82, 2.24) is 9.62 Å². The molecule has 0 radical (unpaired) electrons. The summed E-state index contributed by atoms with van der Waals surface area (Å²) in [5.41, 5.74) is 1.02. The smallest absolute Gasteiger partial charge is 0.243 e. The van der Waals surface area contributed by atoms with E-state index in [1.807, 2.05) is 20.8 Å². The minimum Gasteiger partial charge on any atom is -0.371 e. The van der Waals surface area contributed by atoms with Gasteiger partial charge >= 0.3 is 0 Å². The first-order chi connectivity index (χ1) is 11.3. The molecule has 2 bridgehead atoms. The van der Waals surface area contributed by atoms with Gasteiger partial charge < -0.3 is 10.1 Å². The normalized spacial score (nSPS) is 27.4. The lowest BCUT2D eigenvalue weighted by atomic mass is 9.99. The summed E-state index contributed by atoms with van der Waals surface area (Å²) in [6.45, 7) is 6.27. The second-order valence-electron chi connectivity index (χ2n) is 6.94. The third-order valence-corrected chi connectivity index (χ3v) is 6.40. The number of sulfonamides is 1. The lowest BCUT2D eigenvalue weighted by molar-refractivity contribution is -0.127. The van der Waals surface area contributed by atoms with Crippen LogP contribution in [-0.4, -0.2) is 50.0 Å². The largest absolute Gasteiger partial charge is 0.371 e. The van der Waals surface area contributed by atoms with Crippen LogP contribution in [0.5, 0.6) is 0 Å². The zero-order chi connectivity index (χ0) is 17.5. The van der Waals surface area contributed by atoms with E-state index in [1.165, 1.54) is 4.31 Å². The van der Waals surface area contributed by atoms with E-state index in [9.17, 15) is 13.2 Å². The van der Waals surface area contributed by atoms with Crippen molar-refractivity contribution in [3.8, 4) is 0 Å². The quantitative estimate of drug-likeness (QED) is 0.886. The maximum absolute atomic E-state index is 12.8. The molecule has 2 aliphatic rings. The van der Waals surface area contributed by atoms with Crippen molar-refractivity contribution < 1.29 is 17.9 Å². The Hall–Kier alpha value is -1.44. The highest BCUT2D eigenvalue weighted by molar-refractivity contribution is 7.89. The first kappa shape index (κ1) is 17.4. The van der Waals surface area contributed by atoms with E-state index >= 15 is 0 Å². The predicted octanol–water partition coefficient (Wildman–Crippen LogP) is 1.30. The van der Waals surface area contributed by atoms with Gasteiger partial charge in [-0.05, 0) is 39.3 Å². The highest BCUT2D eigenvalue weighted by atomic mass is 32.2. The monoisotopic (exact) mass is 352 g/mol. The van der Waals surface area contributed by atoms with Gasteiger partial charge in [-0.15, -0.1) is 0 Å². The molecule has 24 heavy (non-hydrogen) atoms. The van der Waals surface area contributed by atoms with Gasteiger partial charge in [0.2, 0.25) is 15.9 Å². The van der Waals surface area contributed by atoms with Crippen LogP contribution in [0.15, 0.2) is 29.2 Å². The first-order valence-corrected chi connectivity index (χ1v) is 9.74. The molecule has 7 heteroatoms. The zero-order valence-corrected chi connectivity index (χ0v) is 15.0. The van der Waals surface area contributed by atoms with E-state index in [0.29, 0.717) is 13.0 Å². The van der Waals surface area contributed by atoms with Gasteiger partial charge in [-0.1, -0.05) is 17.7 Å². The number of aryl methyl sites for hydroxylation is 1. The van der Waals surface area contributed by atoms with Gasteiger partial charge in [-0.25, -0.2) is 8.42 Å². The average Bonchev–Trinajstić information content (AvgIpc) is 2.81. The van der Waals surface area contributed by atoms with Crippen molar-refractivity contribution in [3.05, 3.63) is 29.8 Å². The van der Waals surface area contributed by atoms with Crippen LogP contribution in [-0.2, 0) is 19.6 Å². The summed E-state index contributed by atoms with van der Waals surface area (Å²) in [4.78, 5) is 12.6. The molecule has 3 rings (SSSR count). The number of ether oxygens (including phenoxy) is 1. The Kier molecular flexibility index (Phi) is 4.68. The van der Waals surface area contributed by atoms with Crippen molar-refractivity contribution in [2.75, 3.05) is 13.1 Å². The standard InChI is InChI=1S/C17H24N2O4S/c1-11(2)18-17(20)15-8-13-9-19(10-16(15)23-13)24(21,22)14-6-4-12(3)5-7-14/h4-7,11,13,15-16H,8-10H2,1-3H3,(H,18,20)/t13-,15+,16-/m1/s1. The molecule has 0 saturated carbocycles. The Balaban J connectivity index is 1.76. The number of nitrogens with one attached hydrogen (secondary N) is 1. The van der Waals surface area contributed by atoms with Gasteiger partial charge in [0.15, 0.2) is 0 Å². The number of nitrogens with zero attached hydrogens (tertiary/aromatic N) is 1. The topological polar surface area (TPSA) is 75.7 Å². The van der Waals surface area contributed by atoms with Crippen LogP contribution >= 0.6 is 0 Å².